The molecule has 1 fully saturated rings. The van der Waals surface area contributed by atoms with E-state index in [0.29, 0.717) is 25.4 Å². The molecule has 0 aromatic heterocycles. The molecule has 3 aromatic carbocycles. The molecule has 0 radical (unpaired) electrons. The van der Waals surface area contributed by atoms with Gasteiger partial charge >= 0.3 is 5.97 Å². The number of carbonyl (C=O) groups excluding carboxylic acids is 1. The van der Waals surface area contributed by atoms with E-state index in [2.05, 4.69) is 23.1 Å². The van der Waals surface area contributed by atoms with Gasteiger partial charge in [0.1, 0.15) is 11.5 Å². The predicted octanol–water partition coefficient (Wildman–Crippen LogP) is 7.62. The number of alkyl halides is 1. The number of hydrogen-bond donors (Lipinski definition) is 0. The van der Waals surface area contributed by atoms with Crippen molar-refractivity contribution < 1.29 is 23.7 Å². The van der Waals surface area contributed by atoms with Gasteiger partial charge < -0.3 is 23.8 Å². The number of unbranched alkanes of at least 4 members (excludes halogenated alkanes) is 4. The van der Waals surface area contributed by atoms with Crippen molar-refractivity contribution in [1.82, 2.24) is 0 Å². The molecule has 0 bridgehead atoms. The number of nitrogens with zero attached hydrogens (tertiary/aromatic N) is 1. The van der Waals surface area contributed by atoms with E-state index in [4.69, 9.17) is 30.5 Å². The Morgan fingerprint density at radius 2 is 1.55 bits per heavy atom. The number of benzene rings is 3. The number of para-hydroxylation sites is 1. The summed E-state index contributed by atoms with van der Waals surface area (Å²) in [6, 6.07) is 20.3. The molecular formula is C35H40ClNO5. The zero-order valence-electron chi connectivity index (χ0n) is 24.2. The molecule has 3 aliphatic rings. The van der Waals surface area contributed by atoms with Crippen LogP contribution >= 0.6 is 11.6 Å². The SMILES string of the molecule is O=C1OC2(c3ccccc3Oc3cccc(N4CCC4)c32)c2cc(CCCCOCCOCCCCCCCl)ccc21. The molecular weight excluding hydrogens is 550 g/mol. The molecule has 7 heteroatoms. The second kappa shape index (κ2) is 13.5. The van der Waals surface area contributed by atoms with Crippen LogP contribution in [0.4, 0.5) is 5.69 Å². The fraction of sp³-hybridized carbons (Fsp3) is 0.457. The first-order valence-electron chi connectivity index (χ1n) is 15.5. The zero-order valence-corrected chi connectivity index (χ0v) is 25.0. The molecule has 3 heterocycles. The average molecular weight is 590 g/mol. The van der Waals surface area contributed by atoms with E-state index < -0.39 is 5.60 Å². The van der Waals surface area contributed by atoms with Crippen LogP contribution in [0.3, 0.4) is 0 Å². The van der Waals surface area contributed by atoms with Gasteiger partial charge in [-0.3, -0.25) is 0 Å². The topological polar surface area (TPSA) is 57.2 Å². The quantitative estimate of drug-likeness (QED) is 0.103. The van der Waals surface area contributed by atoms with Crippen LogP contribution in [-0.2, 0) is 26.2 Å². The third-order valence-electron chi connectivity index (χ3n) is 8.52. The van der Waals surface area contributed by atoms with E-state index in [0.717, 1.165) is 98.0 Å². The third kappa shape index (κ3) is 5.77. The number of halogens is 1. The van der Waals surface area contributed by atoms with Crippen molar-refractivity contribution in [2.75, 3.05) is 50.3 Å². The molecule has 6 rings (SSSR count). The van der Waals surface area contributed by atoms with Gasteiger partial charge in [-0.15, -0.1) is 11.6 Å². The Morgan fingerprint density at radius 1 is 0.786 bits per heavy atom. The number of rotatable bonds is 15. The molecule has 1 atom stereocenters. The monoisotopic (exact) mass is 589 g/mol. The summed E-state index contributed by atoms with van der Waals surface area (Å²) in [4.78, 5) is 15.8. The van der Waals surface area contributed by atoms with E-state index in [9.17, 15) is 4.79 Å². The van der Waals surface area contributed by atoms with Gasteiger partial charge in [0.2, 0.25) is 0 Å². The largest absolute Gasteiger partial charge is 0.456 e. The molecule has 0 amide bonds. The molecule has 6 nitrogen and oxygen atoms in total. The van der Waals surface area contributed by atoms with Crippen LogP contribution in [0.1, 0.15) is 77.6 Å². The molecule has 1 unspecified atom stereocenters. The lowest BCUT2D eigenvalue weighted by Gasteiger charge is -2.42. The van der Waals surface area contributed by atoms with Crippen molar-refractivity contribution >= 4 is 23.3 Å². The van der Waals surface area contributed by atoms with Gasteiger partial charge in [0.05, 0.1) is 24.3 Å². The van der Waals surface area contributed by atoms with Crippen molar-refractivity contribution in [3.05, 3.63) is 88.5 Å². The van der Waals surface area contributed by atoms with Crippen molar-refractivity contribution in [3.8, 4) is 11.5 Å². The zero-order chi connectivity index (χ0) is 28.8. The molecule has 0 N–H and O–H groups in total. The summed E-state index contributed by atoms with van der Waals surface area (Å²) in [6.07, 6.45) is 8.53. The van der Waals surface area contributed by atoms with E-state index in [-0.39, 0.29) is 5.97 Å². The van der Waals surface area contributed by atoms with Crippen LogP contribution in [0.25, 0.3) is 0 Å². The summed E-state index contributed by atoms with van der Waals surface area (Å²) in [5, 5.41) is 0. The second-order valence-corrected chi connectivity index (χ2v) is 11.7. The maximum atomic E-state index is 13.4. The molecule has 1 spiro atoms. The Balaban J connectivity index is 1.13. The van der Waals surface area contributed by atoms with Crippen LogP contribution in [0.5, 0.6) is 11.5 Å². The number of esters is 1. The van der Waals surface area contributed by atoms with E-state index in [1.54, 1.807) is 0 Å². The summed E-state index contributed by atoms with van der Waals surface area (Å²) in [5.74, 6) is 1.93. The minimum Gasteiger partial charge on any atom is -0.456 e. The van der Waals surface area contributed by atoms with Gasteiger partial charge in [0, 0.05) is 49.0 Å². The highest BCUT2D eigenvalue weighted by molar-refractivity contribution is 6.17. The highest BCUT2D eigenvalue weighted by atomic mass is 35.5. The first-order chi connectivity index (χ1) is 20.7. The Hall–Kier alpha value is -3.06. The lowest BCUT2D eigenvalue weighted by molar-refractivity contribution is 0.0225. The van der Waals surface area contributed by atoms with Gasteiger partial charge in [-0.1, -0.05) is 49.2 Å². The minimum atomic E-state index is -1.04. The summed E-state index contributed by atoms with van der Waals surface area (Å²) >= 11 is 5.71. The maximum Gasteiger partial charge on any atom is 0.340 e. The molecule has 0 aliphatic carbocycles. The van der Waals surface area contributed by atoms with Gasteiger partial charge in [-0.05, 0) is 68.4 Å². The Labute approximate surface area is 253 Å². The molecule has 222 valence electrons. The smallest absolute Gasteiger partial charge is 0.340 e. The Kier molecular flexibility index (Phi) is 9.33. The van der Waals surface area contributed by atoms with Crippen molar-refractivity contribution in [2.45, 2.75) is 57.0 Å². The maximum absolute atomic E-state index is 13.4. The lowest BCUT2D eigenvalue weighted by atomic mass is 9.76. The highest BCUT2D eigenvalue weighted by Gasteiger charge is 2.55. The van der Waals surface area contributed by atoms with Crippen LogP contribution < -0.4 is 9.64 Å². The third-order valence-corrected chi connectivity index (χ3v) is 8.78. The molecule has 3 aliphatic heterocycles. The van der Waals surface area contributed by atoms with Gasteiger partial charge in [-0.2, -0.15) is 0 Å². The highest BCUT2D eigenvalue weighted by Crippen LogP contribution is 2.58. The van der Waals surface area contributed by atoms with Gasteiger partial charge in [-0.25, -0.2) is 4.79 Å². The van der Waals surface area contributed by atoms with Gasteiger partial charge in [0.15, 0.2) is 5.60 Å². The molecule has 1 saturated heterocycles. The fourth-order valence-corrected chi connectivity index (χ4v) is 6.43. The number of fused-ring (bicyclic) bond motifs is 6. The van der Waals surface area contributed by atoms with Crippen LogP contribution in [0.15, 0.2) is 60.7 Å². The van der Waals surface area contributed by atoms with Crippen molar-refractivity contribution in [2.24, 2.45) is 0 Å². The van der Waals surface area contributed by atoms with E-state index in [1.165, 1.54) is 18.4 Å². The average Bonchev–Trinajstić information content (AvgIpc) is 3.26. The number of hydrogen-bond acceptors (Lipinski definition) is 6. The summed E-state index contributed by atoms with van der Waals surface area (Å²) in [7, 11) is 0. The van der Waals surface area contributed by atoms with E-state index in [1.807, 2.05) is 42.5 Å². The van der Waals surface area contributed by atoms with Crippen molar-refractivity contribution in [1.29, 1.82) is 0 Å². The standard InChI is InChI=1S/C35H40ClNO5/c36-18-6-1-2-7-21-39-23-24-40-22-8-5-11-26-16-17-27-29(25-26)35(42-34(27)38)28-12-3-4-14-31(28)41-32-15-9-13-30(33(32)35)37-19-10-20-37/h3-4,9,12-17,25H,1-2,5-8,10-11,18-24H2. The first-order valence-corrected chi connectivity index (χ1v) is 16.0. The minimum absolute atomic E-state index is 0.288. The lowest BCUT2D eigenvalue weighted by Crippen LogP contribution is -2.41. The summed E-state index contributed by atoms with van der Waals surface area (Å²) in [6.45, 7) is 4.74. The van der Waals surface area contributed by atoms with Crippen LogP contribution in [-0.4, -0.2) is 51.4 Å². The normalized spacial score (nSPS) is 18.2. The first kappa shape index (κ1) is 29.0. The Morgan fingerprint density at radius 3 is 2.33 bits per heavy atom. The number of aryl methyl sites for hydroxylation is 1. The summed E-state index contributed by atoms with van der Waals surface area (Å²) < 4.78 is 24.3. The molecule has 0 saturated carbocycles. The Bertz CT molecular complexity index is 1390. The fourth-order valence-electron chi connectivity index (χ4n) is 6.24. The molecule has 3 aromatic rings. The molecule has 42 heavy (non-hydrogen) atoms. The second-order valence-electron chi connectivity index (χ2n) is 11.3. The predicted molar refractivity (Wildman–Crippen MR) is 165 cm³/mol. The van der Waals surface area contributed by atoms with E-state index >= 15 is 0 Å². The van der Waals surface area contributed by atoms with Crippen LogP contribution in [0, 0.1) is 0 Å². The summed E-state index contributed by atoms with van der Waals surface area (Å²) in [5.41, 5.74) is 4.57. The van der Waals surface area contributed by atoms with Crippen molar-refractivity contribution in [3.63, 3.8) is 0 Å². The number of anilines is 1. The van der Waals surface area contributed by atoms with Crippen LogP contribution in [0.2, 0.25) is 0 Å². The van der Waals surface area contributed by atoms with Gasteiger partial charge in [0.25, 0.3) is 0 Å². The number of carbonyl (C=O) groups is 1. The number of ether oxygens (including phenoxy) is 4.